The maximum Gasteiger partial charge on any atom is 0.139 e. The highest BCUT2D eigenvalue weighted by atomic mass is 33.1. The van der Waals surface area contributed by atoms with Gasteiger partial charge in [-0.25, -0.2) is 8.42 Å². The average Bonchev–Trinajstić information content (AvgIpc) is 1.89. The first kappa shape index (κ1) is 9.78. The molecule has 4 heteroatoms. The molecule has 0 aromatic carbocycles. The van der Waals surface area contributed by atoms with Gasteiger partial charge in [-0.3, -0.25) is 0 Å². The molecule has 58 valence electrons. The van der Waals surface area contributed by atoms with Gasteiger partial charge in [0.15, 0.2) is 0 Å². The molecule has 2 nitrogen and oxygen atoms in total. The van der Waals surface area contributed by atoms with Crippen molar-refractivity contribution in [3.8, 4) is 0 Å². The monoisotopic (exact) mass is 178 g/mol. The molecule has 0 aliphatic carbocycles. The summed E-state index contributed by atoms with van der Waals surface area (Å²) in [6.45, 7) is 3.48. The third-order valence-corrected chi connectivity index (χ3v) is 3.61. The average molecular weight is 178 g/mol. The van der Waals surface area contributed by atoms with Crippen LogP contribution in [0.1, 0.15) is 13.8 Å². The summed E-state index contributed by atoms with van der Waals surface area (Å²) in [4.78, 5) is 0. The first-order valence-corrected chi connectivity index (χ1v) is 5.74. The lowest BCUT2D eigenvalue weighted by molar-refractivity contribution is 0.682. The van der Waals surface area contributed by atoms with Crippen LogP contribution in [0.15, 0.2) is 23.0 Å². The molecule has 0 radical (unpaired) electrons. The minimum atomic E-state index is -1.36. The maximum atomic E-state index is 10.8. The first-order valence-electron chi connectivity index (χ1n) is 2.79. The van der Waals surface area contributed by atoms with Gasteiger partial charge >= 0.3 is 0 Å². The predicted molar refractivity (Wildman–Crippen MR) is 45.9 cm³/mol. The van der Waals surface area contributed by atoms with E-state index in [1.165, 1.54) is 10.8 Å². The van der Waals surface area contributed by atoms with E-state index in [-0.39, 0.29) is 0 Å². The number of hydrogen-bond acceptors (Lipinski definition) is 2. The fourth-order valence-corrected chi connectivity index (χ4v) is 2.32. The molecule has 0 fully saturated rings. The lowest BCUT2D eigenvalue weighted by atomic mass is 10.8. The Labute approximate surface area is 65.3 Å². The second kappa shape index (κ2) is 5.56. The molecule has 2 atom stereocenters. The highest BCUT2D eigenvalue weighted by molar-refractivity contribution is 8.63. The minimum absolute atomic E-state index is 1.36. The smallest absolute Gasteiger partial charge is 0.139 e. The van der Waals surface area contributed by atoms with Gasteiger partial charge in [0.05, 0.1) is 0 Å². The summed E-state index contributed by atoms with van der Waals surface area (Å²) in [6, 6.07) is 0. The highest BCUT2D eigenvalue weighted by Crippen LogP contribution is 1.95. The molecule has 2 unspecified atom stereocenters. The Morgan fingerprint density at radius 3 is 1.40 bits per heavy atom. The van der Waals surface area contributed by atoms with Crippen molar-refractivity contribution in [2.24, 2.45) is 0 Å². The van der Waals surface area contributed by atoms with Gasteiger partial charge in [-0.15, -0.1) is 0 Å². The zero-order valence-electron chi connectivity index (χ0n) is 5.94. The Balaban J connectivity index is 4.09. The zero-order valence-corrected chi connectivity index (χ0v) is 7.58. The largest absolute Gasteiger partial charge is 0.240 e. The van der Waals surface area contributed by atoms with E-state index in [2.05, 4.69) is 0 Å². The Hall–Kier alpha value is -0.220. The molecule has 10 heavy (non-hydrogen) atoms. The third kappa shape index (κ3) is 3.74. The fourth-order valence-electron chi connectivity index (χ4n) is 0.332. The molecule has 0 rings (SSSR count). The Kier molecular flexibility index (Phi) is 5.43. The van der Waals surface area contributed by atoms with Crippen molar-refractivity contribution in [3.63, 3.8) is 0 Å². The van der Waals surface area contributed by atoms with Crippen molar-refractivity contribution in [3.05, 3.63) is 23.0 Å². The highest BCUT2D eigenvalue weighted by Gasteiger charge is 1.98. The van der Waals surface area contributed by atoms with Crippen molar-refractivity contribution < 1.29 is 8.42 Å². The van der Waals surface area contributed by atoms with Crippen molar-refractivity contribution in [2.45, 2.75) is 13.8 Å². The van der Waals surface area contributed by atoms with E-state index in [9.17, 15) is 8.42 Å². The van der Waals surface area contributed by atoms with Crippen LogP contribution in [0.4, 0.5) is 0 Å². The molecule has 0 spiro atoms. The van der Waals surface area contributed by atoms with Gasteiger partial charge < -0.3 is 0 Å². The molecular formula is C6H10O2S2. The van der Waals surface area contributed by atoms with E-state index in [0.29, 0.717) is 0 Å². The normalized spacial score (nSPS) is 18.2. The molecule has 0 aliphatic heterocycles. The molecule has 0 amide bonds. The Morgan fingerprint density at radius 2 is 1.20 bits per heavy atom. The molecule has 0 bridgehead atoms. The van der Waals surface area contributed by atoms with Gasteiger partial charge in [0.2, 0.25) is 0 Å². The molecule has 0 saturated heterocycles. The Morgan fingerprint density at radius 1 is 0.900 bits per heavy atom. The van der Waals surface area contributed by atoms with Gasteiger partial charge in [-0.1, -0.05) is 12.2 Å². The van der Waals surface area contributed by atoms with Crippen LogP contribution in [0.25, 0.3) is 0 Å². The van der Waals surface area contributed by atoms with Crippen molar-refractivity contribution in [1.82, 2.24) is 0 Å². The summed E-state index contributed by atoms with van der Waals surface area (Å²) in [6.07, 6.45) is 3.25. The molecule has 0 aliphatic rings. The summed E-state index contributed by atoms with van der Waals surface area (Å²) in [5.74, 6) is 0. The van der Waals surface area contributed by atoms with Crippen LogP contribution in [0.5, 0.6) is 0 Å². The summed E-state index contributed by atoms with van der Waals surface area (Å²) in [7, 11) is -2.72. The van der Waals surface area contributed by atoms with Gasteiger partial charge in [-0.2, -0.15) is 0 Å². The quantitative estimate of drug-likeness (QED) is 0.613. The second-order valence-corrected chi connectivity index (χ2v) is 5.02. The molecular weight excluding hydrogens is 168 g/mol. The van der Waals surface area contributed by atoms with E-state index in [4.69, 9.17) is 0 Å². The molecule has 0 aromatic heterocycles. The predicted octanol–water partition coefficient (Wildman–Crippen LogP) is 1.47. The van der Waals surface area contributed by atoms with Crippen LogP contribution in [0, 0.1) is 0 Å². The van der Waals surface area contributed by atoms with E-state index in [0.717, 1.165) is 0 Å². The Bertz CT molecular complexity index is 172. The van der Waals surface area contributed by atoms with Gasteiger partial charge in [0.1, 0.15) is 19.7 Å². The summed E-state index contributed by atoms with van der Waals surface area (Å²) in [5.41, 5.74) is 0. The third-order valence-electron chi connectivity index (χ3n) is 0.656. The minimum Gasteiger partial charge on any atom is -0.240 e. The van der Waals surface area contributed by atoms with E-state index in [1.54, 1.807) is 26.0 Å². The van der Waals surface area contributed by atoms with Gasteiger partial charge in [-0.05, 0) is 13.8 Å². The topological polar surface area (TPSA) is 34.1 Å². The number of rotatable bonds is 3. The van der Waals surface area contributed by atoms with Gasteiger partial charge in [0.25, 0.3) is 0 Å². The summed E-state index contributed by atoms with van der Waals surface area (Å²) >= 11 is 0. The number of hydrogen-bond donors (Lipinski definition) is 0. The fraction of sp³-hybridized carbons (Fsp3) is 0.333. The van der Waals surface area contributed by atoms with Gasteiger partial charge in [0, 0.05) is 10.8 Å². The van der Waals surface area contributed by atoms with Crippen LogP contribution < -0.4 is 0 Å². The lowest BCUT2D eigenvalue weighted by Gasteiger charge is -1.85. The van der Waals surface area contributed by atoms with Crippen molar-refractivity contribution in [1.29, 1.82) is 0 Å². The number of allylic oxidation sites excluding steroid dienone is 2. The molecule has 0 heterocycles. The van der Waals surface area contributed by atoms with Crippen molar-refractivity contribution >= 4 is 19.7 Å². The van der Waals surface area contributed by atoms with E-state index in [1.807, 2.05) is 0 Å². The lowest BCUT2D eigenvalue weighted by Crippen LogP contribution is -1.90. The first-order chi connectivity index (χ1) is 4.72. The van der Waals surface area contributed by atoms with E-state index < -0.39 is 19.7 Å². The van der Waals surface area contributed by atoms with E-state index >= 15 is 0 Å². The van der Waals surface area contributed by atoms with Crippen LogP contribution in [-0.4, -0.2) is 8.42 Å². The van der Waals surface area contributed by atoms with Crippen LogP contribution in [-0.2, 0) is 19.7 Å². The molecule has 0 aromatic rings. The summed E-state index contributed by atoms with van der Waals surface area (Å²) < 4.78 is 21.6. The molecule has 0 saturated carbocycles. The second-order valence-electron chi connectivity index (χ2n) is 1.46. The van der Waals surface area contributed by atoms with Crippen LogP contribution in [0.3, 0.4) is 0 Å². The summed E-state index contributed by atoms with van der Waals surface area (Å²) in [5, 5.41) is 2.83. The maximum absolute atomic E-state index is 10.8. The van der Waals surface area contributed by atoms with Crippen LogP contribution >= 0.6 is 0 Å². The SMILES string of the molecule is CC=CS(=O)S(=O)C=CC. The standard InChI is InChI=1S/C6H10O2S2/c1-3-5-9(7)10(8)6-4-2/h3-6H,1-2H3. The molecule has 0 N–H and O–H groups in total. The van der Waals surface area contributed by atoms with Crippen molar-refractivity contribution in [2.75, 3.05) is 0 Å². The van der Waals surface area contributed by atoms with Crippen LogP contribution in [0.2, 0.25) is 0 Å². The zero-order chi connectivity index (χ0) is 7.98.